The van der Waals surface area contributed by atoms with E-state index in [2.05, 4.69) is 16.4 Å². The Bertz CT molecular complexity index is 1290. The van der Waals surface area contributed by atoms with Crippen LogP contribution in [0.25, 0.3) is 0 Å². The van der Waals surface area contributed by atoms with E-state index in [0.29, 0.717) is 33.8 Å². The number of ether oxygens (including phenoxy) is 2. The minimum absolute atomic E-state index is 0.00634. The van der Waals surface area contributed by atoms with Crippen LogP contribution in [-0.4, -0.2) is 28.7 Å². The van der Waals surface area contributed by atoms with Crippen LogP contribution in [0.1, 0.15) is 48.4 Å². The Hall–Kier alpha value is -3.26. The predicted octanol–water partition coefficient (Wildman–Crippen LogP) is 4.65. The van der Waals surface area contributed by atoms with E-state index in [1.165, 1.54) is 17.3 Å². The number of carbonyl (C=O) groups excluding carboxylic acids is 1. The molecule has 2 heterocycles. The smallest absolute Gasteiger partial charge is 0.279 e. The SMILES string of the molecule is COc1cc([C@H]2CC(=O)Nc3c2c(=O)nc(SCc2cccc(C)c2)n3C)ccc1OC(C)C. The summed E-state index contributed by atoms with van der Waals surface area (Å²) in [5, 5.41) is 3.46. The molecule has 3 aromatic rings. The fourth-order valence-corrected chi connectivity index (χ4v) is 5.06. The minimum atomic E-state index is -0.423. The van der Waals surface area contributed by atoms with Crippen LogP contribution in [0.5, 0.6) is 11.5 Å². The third-order valence-corrected chi connectivity index (χ3v) is 6.81. The van der Waals surface area contributed by atoms with E-state index < -0.39 is 5.92 Å². The average Bonchev–Trinajstić information content (AvgIpc) is 2.80. The molecule has 0 fully saturated rings. The Labute approximate surface area is 203 Å². The molecule has 0 saturated heterocycles. The van der Waals surface area contributed by atoms with E-state index in [1.807, 2.05) is 64.2 Å². The lowest BCUT2D eigenvalue weighted by molar-refractivity contribution is -0.116. The maximum Gasteiger partial charge on any atom is 0.279 e. The van der Waals surface area contributed by atoms with E-state index >= 15 is 0 Å². The van der Waals surface area contributed by atoms with Crippen molar-refractivity contribution in [2.75, 3.05) is 12.4 Å². The van der Waals surface area contributed by atoms with Gasteiger partial charge in [0.25, 0.3) is 5.56 Å². The number of anilines is 1. The Kier molecular flexibility index (Phi) is 6.97. The first-order chi connectivity index (χ1) is 16.3. The molecular formula is C26H29N3O4S. The molecule has 4 rings (SSSR count). The van der Waals surface area contributed by atoms with Crippen LogP contribution in [0, 0.1) is 6.92 Å². The van der Waals surface area contributed by atoms with Gasteiger partial charge in [-0.2, -0.15) is 4.98 Å². The molecule has 1 aliphatic rings. The summed E-state index contributed by atoms with van der Waals surface area (Å²) in [7, 11) is 3.40. The molecule has 0 bridgehead atoms. The molecule has 1 amide bonds. The molecule has 178 valence electrons. The van der Waals surface area contributed by atoms with Gasteiger partial charge in [0.15, 0.2) is 16.7 Å². The van der Waals surface area contributed by atoms with Crippen molar-refractivity contribution in [3.05, 3.63) is 75.1 Å². The van der Waals surface area contributed by atoms with Crippen LogP contribution >= 0.6 is 11.8 Å². The maximum atomic E-state index is 13.2. The first kappa shape index (κ1) is 23.9. The number of aromatic nitrogens is 2. The van der Waals surface area contributed by atoms with Crippen molar-refractivity contribution in [3.8, 4) is 11.5 Å². The number of hydrogen-bond acceptors (Lipinski definition) is 6. The number of methoxy groups -OCH3 is 1. The van der Waals surface area contributed by atoms with E-state index in [-0.39, 0.29) is 24.0 Å². The zero-order valence-electron chi connectivity index (χ0n) is 20.0. The van der Waals surface area contributed by atoms with Crippen LogP contribution in [0.15, 0.2) is 52.4 Å². The van der Waals surface area contributed by atoms with E-state index in [1.54, 1.807) is 11.7 Å². The van der Waals surface area contributed by atoms with Gasteiger partial charge >= 0.3 is 0 Å². The first-order valence-corrected chi connectivity index (χ1v) is 12.2. The zero-order valence-corrected chi connectivity index (χ0v) is 20.9. The standard InChI is InChI=1S/C26H29N3O4S/c1-15(2)33-20-10-9-18(12-21(20)32-5)19-13-22(30)27-24-23(19)25(31)28-26(29(24)4)34-14-17-8-6-7-16(3)11-17/h6-12,15,19H,13-14H2,1-5H3,(H,27,30)/t19-/m1/s1. The molecule has 0 aliphatic carbocycles. The molecule has 0 saturated carbocycles. The fraction of sp³-hybridized carbons (Fsp3) is 0.346. The number of thioether (sulfide) groups is 1. The van der Waals surface area contributed by atoms with Crippen LogP contribution in [0.3, 0.4) is 0 Å². The molecule has 34 heavy (non-hydrogen) atoms. The molecule has 1 aromatic heterocycles. The lowest BCUT2D eigenvalue weighted by Crippen LogP contribution is -2.33. The molecule has 7 nitrogen and oxygen atoms in total. The third kappa shape index (κ3) is 4.97. The number of carbonyl (C=O) groups is 1. The minimum Gasteiger partial charge on any atom is -0.493 e. The van der Waals surface area contributed by atoms with Crippen molar-refractivity contribution in [3.63, 3.8) is 0 Å². The molecule has 0 radical (unpaired) electrons. The summed E-state index contributed by atoms with van der Waals surface area (Å²) in [5.74, 6) is 1.79. The molecule has 0 spiro atoms. The maximum absolute atomic E-state index is 13.2. The number of nitrogens with one attached hydrogen (secondary N) is 1. The van der Waals surface area contributed by atoms with Gasteiger partial charge in [-0.15, -0.1) is 0 Å². The summed E-state index contributed by atoms with van der Waals surface area (Å²) < 4.78 is 13.1. The molecule has 0 unspecified atom stereocenters. The number of hydrogen-bond donors (Lipinski definition) is 1. The molecule has 1 N–H and O–H groups in total. The van der Waals surface area contributed by atoms with Gasteiger partial charge in [-0.3, -0.25) is 9.59 Å². The van der Waals surface area contributed by atoms with Crippen molar-refractivity contribution in [1.29, 1.82) is 0 Å². The van der Waals surface area contributed by atoms with E-state index in [9.17, 15) is 9.59 Å². The highest BCUT2D eigenvalue weighted by Crippen LogP contribution is 2.39. The van der Waals surface area contributed by atoms with Crippen LogP contribution in [-0.2, 0) is 17.6 Å². The highest BCUT2D eigenvalue weighted by molar-refractivity contribution is 7.98. The Morgan fingerprint density at radius 1 is 1.18 bits per heavy atom. The van der Waals surface area contributed by atoms with Crippen LogP contribution in [0.2, 0.25) is 0 Å². The highest BCUT2D eigenvalue weighted by atomic mass is 32.2. The van der Waals surface area contributed by atoms with Gasteiger partial charge < -0.3 is 19.4 Å². The number of benzene rings is 2. The fourth-order valence-electron chi connectivity index (χ4n) is 4.15. The number of aryl methyl sites for hydroxylation is 1. The van der Waals surface area contributed by atoms with Crippen molar-refractivity contribution < 1.29 is 14.3 Å². The topological polar surface area (TPSA) is 82.5 Å². The predicted molar refractivity (Wildman–Crippen MR) is 134 cm³/mol. The molecule has 2 aromatic carbocycles. The highest BCUT2D eigenvalue weighted by Gasteiger charge is 2.32. The summed E-state index contributed by atoms with van der Waals surface area (Å²) >= 11 is 1.47. The molecule has 8 heteroatoms. The normalized spacial score (nSPS) is 15.1. The van der Waals surface area contributed by atoms with Crippen LogP contribution < -0.4 is 20.3 Å². The van der Waals surface area contributed by atoms with Crippen LogP contribution in [0.4, 0.5) is 5.82 Å². The van der Waals surface area contributed by atoms with Crippen molar-refractivity contribution in [2.45, 2.75) is 50.1 Å². The Balaban J connectivity index is 1.70. The second-order valence-electron chi connectivity index (χ2n) is 8.68. The van der Waals surface area contributed by atoms with Gasteiger partial charge in [0, 0.05) is 25.1 Å². The van der Waals surface area contributed by atoms with Gasteiger partial charge in [-0.05, 0) is 44.0 Å². The molecule has 1 atom stereocenters. The summed E-state index contributed by atoms with van der Waals surface area (Å²) in [6, 6.07) is 13.8. The average molecular weight is 480 g/mol. The van der Waals surface area contributed by atoms with Gasteiger partial charge in [0.05, 0.1) is 18.8 Å². The molecular weight excluding hydrogens is 450 g/mol. The zero-order chi connectivity index (χ0) is 24.4. The summed E-state index contributed by atoms with van der Waals surface area (Å²) in [6.45, 7) is 5.94. The summed E-state index contributed by atoms with van der Waals surface area (Å²) in [4.78, 5) is 30.3. The molecule has 1 aliphatic heterocycles. The van der Waals surface area contributed by atoms with Crippen molar-refractivity contribution in [1.82, 2.24) is 9.55 Å². The summed E-state index contributed by atoms with van der Waals surface area (Å²) in [6.07, 6.45) is 0.154. The third-order valence-electron chi connectivity index (χ3n) is 5.70. The first-order valence-electron chi connectivity index (χ1n) is 11.2. The van der Waals surface area contributed by atoms with Gasteiger partial charge in [-0.1, -0.05) is 47.7 Å². The quantitative estimate of drug-likeness (QED) is 0.392. The second-order valence-corrected chi connectivity index (χ2v) is 9.62. The van der Waals surface area contributed by atoms with E-state index in [0.717, 1.165) is 11.1 Å². The number of rotatable bonds is 7. The van der Waals surface area contributed by atoms with Gasteiger partial charge in [-0.25, -0.2) is 0 Å². The number of nitrogens with zero attached hydrogens (tertiary/aromatic N) is 2. The van der Waals surface area contributed by atoms with Gasteiger partial charge in [0.2, 0.25) is 5.91 Å². The number of fused-ring (bicyclic) bond motifs is 1. The Morgan fingerprint density at radius 2 is 1.97 bits per heavy atom. The summed E-state index contributed by atoms with van der Waals surface area (Å²) in [5.41, 5.74) is 3.30. The van der Waals surface area contributed by atoms with Crippen molar-refractivity contribution >= 4 is 23.5 Å². The largest absolute Gasteiger partial charge is 0.493 e. The Morgan fingerprint density at radius 3 is 2.68 bits per heavy atom. The monoisotopic (exact) mass is 479 g/mol. The lowest BCUT2D eigenvalue weighted by atomic mass is 9.86. The second kappa shape index (κ2) is 9.93. The van der Waals surface area contributed by atoms with Crippen molar-refractivity contribution in [2.24, 2.45) is 7.05 Å². The van der Waals surface area contributed by atoms with E-state index in [4.69, 9.17) is 9.47 Å². The number of amides is 1. The van der Waals surface area contributed by atoms with Gasteiger partial charge in [0.1, 0.15) is 5.82 Å². The lowest BCUT2D eigenvalue weighted by Gasteiger charge is -2.28.